The monoisotopic (exact) mass is 221 g/mol. The molecule has 0 saturated carbocycles. The van der Waals surface area contributed by atoms with Gasteiger partial charge in [-0.1, -0.05) is 6.07 Å². The fourth-order valence-electron chi connectivity index (χ4n) is 2.20. The highest BCUT2D eigenvalue weighted by atomic mass is 16.3. The molecular weight excluding hydrogens is 202 g/mol. The van der Waals surface area contributed by atoms with Crippen LogP contribution in [0.1, 0.15) is 24.9 Å². The van der Waals surface area contributed by atoms with Crippen LogP contribution in [0, 0.1) is 5.92 Å². The minimum atomic E-state index is -0.00289. The number of anilines is 1. The summed E-state index contributed by atoms with van der Waals surface area (Å²) in [4.78, 5) is 6.64. The van der Waals surface area contributed by atoms with Gasteiger partial charge in [0.1, 0.15) is 5.82 Å². The molecule has 4 nitrogen and oxygen atoms in total. The van der Waals surface area contributed by atoms with E-state index in [9.17, 15) is 0 Å². The van der Waals surface area contributed by atoms with Crippen molar-refractivity contribution < 1.29 is 5.11 Å². The van der Waals surface area contributed by atoms with Crippen molar-refractivity contribution in [2.75, 3.05) is 24.6 Å². The number of aliphatic hydroxyl groups excluding tert-OH is 1. The van der Waals surface area contributed by atoms with Crippen LogP contribution in [-0.4, -0.2) is 29.8 Å². The third-order valence-electron chi connectivity index (χ3n) is 3.15. The number of nitrogens with two attached hydrogens (primary N) is 1. The van der Waals surface area contributed by atoms with E-state index in [4.69, 9.17) is 10.8 Å². The van der Waals surface area contributed by atoms with Gasteiger partial charge in [-0.25, -0.2) is 4.98 Å². The van der Waals surface area contributed by atoms with Crippen LogP contribution >= 0.6 is 0 Å². The Morgan fingerprint density at radius 1 is 1.69 bits per heavy atom. The molecule has 1 aromatic rings. The average Bonchev–Trinajstić information content (AvgIpc) is 2.77. The summed E-state index contributed by atoms with van der Waals surface area (Å²) in [6.45, 7) is 4.08. The SMILES string of the molecule is C[C@H](N)c1cccnc1N1CCC(CO)C1. The molecule has 0 bridgehead atoms. The summed E-state index contributed by atoms with van der Waals surface area (Å²) in [5.74, 6) is 1.36. The summed E-state index contributed by atoms with van der Waals surface area (Å²) in [5, 5.41) is 9.14. The maximum atomic E-state index is 9.14. The van der Waals surface area contributed by atoms with E-state index in [1.165, 1.54) is 0 Å². The third kappa shape index (κ3) is 2.18. The van der Waals surface area contributed by atoms with Crippen molar-refractivity contribution in [1.29, 1.82) is 0 Å². The zero-order chi connectivity index (χ0) is 11.5. The van der Waals surface area contributed by atoms with Crippen LogP contribution in [0.3, 0.4) is 0 Å². The zero-order valence-electron chi connectivity index (χ0n) is 9.63. The first-order valence-corrected chi connectivity index (χ1v) is 5.78. The number of hydrogen-bond acceptors (Lipinski definition) is 4. The normalized spacial score (nSPS) is 22.4. The highest BCUT2D eigenvalue weighted by Gasteiger charge is 2.24. The summed E-state index contributed by atoms with van der Waals surface area (Å²) in [6.07, 6.45) is 2.83. The van der Waals surface area contributed by atoms with Gasteiger partial charge in [0.25, 0.3) is 0 Å². The van der Waals surface area contributed by atoms with Crippen molar-refractivity contribution in [1.82, 2.24) is 4.98 Å². The van der Waals surface area contributed by atoms with Crippen LogP contribution in [0.4, 0.5) is 5.82 Å². The third-order valence-corrected chi connectivity index (χ3v) is 3.15. The van der Waals surface area contributed by atoms with Crippen molar-refractivity contribution in [2.45, 2.75) is 19.4 Å². The Morgan fingerprint density at radius 2 is 2.50 bits per heavy atom. The molecule has 1 aliphatic rings. The first-order chi connectivity index (χ1) is 7.72. The fourth-order valence-corrected chi connectivity index (χ4v) is 2.20. The molecule has 1 saturated heterocycles. The maximum absolute atomic E-state index is 9.14. The Kier molecular flexibility index (Phi) is 3.41. The van der Waals surface area contributed by atoms with Gasteiger partial charge in [-0.15, -0.1) is 0 Å². The van der Waals surface area contributed by atoms with E-state index in [0.29, 0.717) is 5.92 Å². The van der Waals surface area contributed by atoms with Gasteiger partial charge < -0.3 is 15.7 Å². The van der Waals surface area contributed by atoms with E-state index >= 15 is 0 Å². The summed E-state index contributed by atoms with van der Waals surface area (Å²) < 4.78 is 0. The van der Waals surface area contributed by atoms with Crippen molar-refractivity contribution >= 4 is 5.82 Å². The summed E-state index contributed by atoms with van der Waals surface area (Å²) in [7, 11) is 0. The predicted molar refractivity (Wildman–Crippen MR) is 64.2 cm³/mol. The van der Waals surface area contributed by atoms with Gasteiger partial charge in [0.05, 0.1) is 0 Å². The Morgan fingerprint density at radius 3 is 3.12 bits per heavy atom. The first kappa shape index (κ1) is 11.4. The molecule has 0 aromatic carbocycles. The van der Waals surface area contributed by atoms with Crippen LogP contribution in [0.25, 0.3) is 0 Å². The second kappa shape index (κ2) is 4.80. The molecule has 0 spiro atoms. The number of nitrogens with zero attached hydrogens (tertiary/aromatic N) is 2. The van der Waals surface area contributed by atoms with Crippen molar-refractivity contribution in [3.05, 3.63) is 23.9 Å². The summed E-state index contributed by atoms with van der Waals surface area (Å²) in [6, 6.07) is 3.94. The second-order valence-electron chi connectivity index (χ2n) is 4.49. The lowest BCUT2D eigenvalue weighted by Gasteiger charge is -2.21. The molecule has 1 aliphatic heterocycles. The minimum Gasteiger partial charge on any atom is -0.396 e. The number of aromatic nitrogens is 1. The standard InChI is InChI=1S/C12H19N3O/c1-9(13)11-3-2-5-14-12(11)15-6-4-10(7-15)8-16/h2-3,5,9-10,16H,4,6-8,13H2,1H3/t9-,10?/m0/s1. The fraction of sp³-hybridized carbons (Fsp3) is 0.583. The number of aliphatic hydroxyl groups is 1. The lowest BCUT2D eigenvalue weighted by atomic mass is 10.1. The largest absolute Gasteiger partial charge is 0.396 e. The van der Waals surface area contributed by atoms with Gasteiger partial charge in [0, 0.05) is 43.4 Å². The van der Waals surface area contributed by atoms with Crippen molar-refractivity contribution in [2.24, 2.45) is 11.7 Å². The van der Waals surface area contributed by atoms with Gasteiger partial charge in [-0.3, -0.25) is 0 Å². The van der Waals surface area contributed by atoms with Crippen LogP contribution in [0.15, 0.2) is 18.3 Å². The quantitative estimate of drug-likeness (QED) is 0.796. The Labute approximate surface area is 96.1 Å². The molecule has 2 rings (SSSR count). The Bertz CT molecular complexity index is 354. The predicted octanol–water partition coefficient (Wildman–Crippen LogP) is 0.920. The molecule has 4 heteroatoms. The van der Waals surface area contributed by atoms with Gasteiger partial charge in [0.15, 0.2) is 0 Å². The molecule has 2 heterocycles. The molecule has 1 fully saturated rings. The number of rotatable bonds is 3. The first-order valence-electron chi connectivity index (χ1n) is 5.78. The minimum absolute atomic E-state index is 0.00289. The van der Waals surface area contributed by atoms with E-state index in [0.717, 1.165) is 30.9 Å². The number of hydrogen-bond donors (Lipinski definition) is 2. The van der Waals surface area contributed by atoms with Crippen molar-refractivity contribution in [3.8, 4) is 0 Å². The van der Waals surface area contributed by atoms with Gasteiger partial charge >= 0.3 is 0 Å². The van der Waals surface area contributed by atoms with Crippen LogP contribution in [-0.2, 0) is 0 Å². The zero-order valence-corrected chi connectivity index (χ0v) is 9.63. The molecule has 16 heavy (non-hydrogen) atoms. The lowest BCUT2D eigenvalue weighted by molar-refractivity contribution is 0.238. The molecule has 3 N–H and O–H groups in total. The summed E-state index contributed by atoms with van der Waals surface area (Å²) in [5.41, 5.74) is 7.02. The average molecular weight is 221 g/mol. The van der Waals surface area contributed by atoms with Crippen LogP contribution in [0.2, 0.25) is 0 Å². The van der Waals surface area contributed by atoms with E-state index in [1.54, 1.807) is 6.20 Å². The summed E-state index contributed by atoms with van der Waals surface area (Å²) >= 11 is 0. The van der Waals surface area contributed by atoms with Crippen LogP contribution < -0.4 is 10.6 Å². The Hall–Kier alpha value is -1.13. The van der Waals surface area contributed by atoms with Gasteiger partial charge in [0.2, 0.25) is 0 Å². The van der Waals surface area contributed by atoms with E-state index in [-0.39, 0.29) is 12.6 Å². The molecule has 88 valence electrons. The Balaban J connectivity index is 2.20. The molecule has 0 aliphatic carbocycles. The lowest BCUT2D eigenvalue weighted by Crippen LogP contribution is -2.24. The molecule has 2 atom stereocenters. The highest BCUT2D eigenvalue weighted by Crippen LogP contribution is 2.27. The maximum Gasteiger partial charge on any atom is 0.133 e. The molecule has 0 radical (unpaired) electrons. The van der Waals surface area contributed by atoms with E-state index < -0.39 is 0 Å². The van der Waals surface area contributed by atoms with Crippen LogP contribution in [0.5, 0.6) is 0 Å². The molecular formula is C12H19N3O. The smallest absolute Gasteiger partial charge is 0.133 e. The molecule has 0 amide bonds. The number of pyridine rings is 1. The van der Waals surface area contributed by atoms with Crippen molar-refractivity contribution in [3.63, 3.8) is 0 Å². The van der Waals surface area contributed by atoms with Gasteiger partial charge in [-0.2, -0.15) is 0 Å². The highest BCUT2D eigenvalue weighted by molar-refractivity contribution is 5.49. The van der Waals surface area contributed by atoms with E-state index in [1.807, 2.05) is 19.1 Å². The molecule has 1 unspecified atom stereocenters. The topological polar surface area (TPSA) is 62.4 Å². The van der Waals surface area contributed by atoms with Gasteiger partial charge in [-0.05, 0) is 19.4 Å². The molecule has 1 aromatic heterocycles. The second-order valence-corrected chi connectivity index (χ2v) is 4.49. The van der Waals surface area contributed by atoms with E-state index in [2.05, 4.69) is 9.88 Å².